The Kier molecular flexibility index (Phi) is 4.42. The number of pyridine rings is 1. The molecule has 6 nitrogen and oxygen atoms in total. The van der Waals surface area contributed by atoms with Gasteiger partial charge in [-0.1, -0.05) is 11.6 Å². The molecular weight excluding hydrogens is 292 g/mol. The fraction of sp³-hybridized carbons (Fsp3) is 0.455. The molecule has 0 amide bonds. The summed E-state index contributed by atoms with van der Waals surface area (Å²) < 4.78 is 22.1. The molecule has 1 aromatic rings. The second kappa shape index (κ2) is 5.34. The van der Waals surface area contributed by atoms with Crippen molar-refractivity contribution in [1.29, 1.82) is 0 Å². The van der Waals surface area contributed by atoms with Crippen LogP contribution >= 0.6 is 11.6 Å². The number of nitrogens with zero attached hydrogens (tertiary/aromatic N) is 1. The van der Waals surface area contributed by atoms with Gasteiger partial charge in [-0.3, -0.25) is 0 Å². The van der Waals surface area contributed by atoms with Gasteiger partial charge < -0.3 is 10.4 Å². The molecule has 19 heavy (non-hydrogen) atoms. The van der Waals surface area contributed by atoms with E-state index in [0.29, 0.717) is 0 Å². The van der Waals surface area contributed by atoms with Crippen LogP contribution in [0.1, 0.15) is 24.2 Å². The van der Waals surface area contributed by atoms with Crippen molar-refractivity contribution >= 4 is 33.2 Å². The van der Waals surface area contributed by atoms with Gasteiger partial charge in [-0.25, -0.2) is 18.2 Å². The van der Waals surface area contributed by atoms with Gasteiger partial charge in [-0.2, -0.15) is 0 Å². The Morgan fingerprint density at radius 3 is 2.58 bits per heavy atom. The van der Waals surface area contributed by atoms with E-state index in [1.54, 1.807) is 13.8 Å². The molecule has 0 aliphatic rings. The maximum atomic E-state index is 11.5. The minimum absolute atomic E-state index is 0.0282. The van der Waals surface area contributed by atoms with Gasteiger partial charge in [0.05, 0.1) is 15.3 Å². The molecule has 0 atom stereocenters. The lowest BCUT2D eigenvalue weighted by atomic mass is 10.2. The summed E-state index contributed by atoms with van der Waals surface area (Å²) in [6, 6.07) is 1.27. The molecule has 0 aromatic carbocycles. The van der Waals surface area contributed by atoms with E-state index in [-0.39, 0.29) is 22.9 Å². The number of aromatic nitrogens is 1. The second-order valence-corrected chi connectivity index (χ2v) is 7.80. The molecule has 0 fully saturated rings. The fourth-order valence-corrected chi connectivity index (χ4v) is 1.65. The predicted molar refractivity (Wildman–Crippen MR) is 73.6 cm³/mol. The quantitative estimate of drug-likeness (QED) is 0.859. The zero-order valence-corrected chi connectivity index (χ0v) is 12.3. The van der Waals surface area contributed by atoms with E-state index >= 15 is 0 Å². The molecule has 8 heteroatoms. The normalized spacial score (nSPS) is 12.2. The number of hydrogen-bond donors (Lipinski definition) is 2. The summed E-state index contributed by atoms with van der Waals surface area (Å²) in [6.45, 7) is 3.26. The first kappa shape index (κ1) is 15.7. The monoisotopic (exact) mass is 306 g/mol. The van der Waals surface area contributed by atoms with E-state index < -0.39 is 20.6 Å². The van der Waals surface area contributed by atoms with E-state index in [9.17, 15) is 13.2 Å². The minimum Gasteiger partial charge on any atom is -0.478 e. The number of anilines is 1. The van der Waals surface area contributed by atoms with Crippen LogP contribution < -0.4 is 5.32 Å². The molecular formula is C11H15ClN2O4S. The van der Waals surface area contributed by atoms with Gasteiger partial charge in [0.15, 0.2) is 9.84 Å². The summed E-state index contributed by atoms with van der Waals surface area (Å²) in [4.78, 5) is 14.8. The third-order valence-electron chi connectivity index (χ3n) is 2.78. The number of hydrogen-bond acceptors (Lipinski definition) is 5. The van der Waals surface area contributed by atoms with Crippen molar-refractivity contribution in [1.82, 2.24) is 4.98 Å². The van der Waals surface area contributed by atoms with E-state index in [0.717, 1.165) is 6.26 Å². The highest BCUT2D eigenvalue weighted by molar-refractivity contribution is 7.92. The molecule has 0 aliphatic heterocycles. The number of rotatable bonds is 5. The number of halogens is 1. The predicted octanol–water partition coefficient (Wildman–Crippen LogP) is 1.67. The molecule has 1 aromatic heterocycles. The highest BCUT2D eigenvalue weighted by Gasteiger charge is 2.30. The average molecular weight is 307 g/mol. The minimum atomic E-state index is -3.24. The van der Waals surface area contributed by atoms with Crippen LogP contribution in [0.2, 0.25) is 5.02 Å². The van der Waals surface area contributed by atoms with Crippen molar-refractivity contribution in [2.45, 2.75) is 18.6 Å². The number of aromatic carboxylic acids is 1. The Hall–Kier alpha value is -1.34. The van der Waals surface area contributed by atoms with Crippen LogP contribution in [0.25, 0.3) is 0 Å². The summed E-state index contributed by atoms with van der Waals surface area (Å²) in [5.41, 5.74) is -0.0867. The van der Waals surface area contributed by atoms with Crippen LogP contribution in [0, 0.1) is 0 Å². The Morgan fingerprint density at radius 1 is 1.53 bits per heavy atom. The van der Waals surface area contributed by atoms with Crippen molar-refractivity contribution < 1.29 is 18.3 Å². The summed E-state index contributed by atoms with van der Waals surface area (Å²) in [5.74, 6) is -0.906. The largest absolute Gasteiger partial charge is 0.478 e. The SMILES string of the molecule is CC(C)(CNc1cc(C(=O)O)c(Cl)cn1)S(C)(=O)=O. The number of carbonyl (C=O) groups is 1. The molecule has 0 aliphatic carbocycles. The van der Waals surface area contributed by atoms with Gasteiger partial charge in [0.1, 0.15) is 5.82 Å². The smallest absolute Gasteiger partial charge is 0.337 e. The van der Waals surface area contributed by atoms with E-state index in [2.05, 4.69) is 10.3 Å². The van der Waals surface area contributed by atoms with Gasteiger partial charge >= 0.3 is 5.97 Å². The summed E-state index contributed by atoms with van der Waals surface area (Å²) in [7, 11) is -3.24. The van der Waals surface area contributed by atoms with E-state index in [4.69, 9.17) is 16.7 Å². The molecule has 0 unspecified atom stereocenters. The lowest BCUT2D eigenvalue weighted by molar-refractivity contribution is 0.0697. The Balaban J connectivity index is 2.91. The van der Waals surface area contributed by atoms with Crippen molar-refractivity contribution in [3.8, 4) is 0 Å². The molecule has 0 bridgehead atoms. The van der Waals surface area contributed by atoms with Crippen LogP contribution in [0.5, 0.6) is 0 Å². The highest BCUT2D eigenvalue weighted by Crippen LogP contribution is 2.20. The number of sulfone groups is 1. The van der Waals surface area contributed by atoms with Gasteiger partial charge in [-0.05, 0) is 19.9 Å². The van der Waals surface area contributed by atoms with Crippen molar-refractivity contribution in [3.05, 3.63) is 22.8 Å². The van der Waals surface area contributed by atoms with Crippen LogP contribution in [0.15, 0.2) is 12.3 Å². The van der Waals surface area contributed by atoms with Crippen LogP contribution in [0.3, 0.4) is 0 Å². The third kappa shape index (κ3) is 3.81. The van der Waals surface area contributed by atoms with Gasteiger partial charge in [-0.15, -0.1) is 0 Å². The number of nitrogens with one attached hydrogen (secondary N) is 1. The lowest BCUT2D eigenvalue weighted by Crippen LogP contribution is -2.38. The first-order chi connectivity index (χ1) is 8.54. The van der Waals surface area contributed by atoms with Crippen molar-refractivity contribution in [2.24, 2.45) is 0 Å². The van der Waals surface area contributed by atoms with E-state index in [1.807, 2.05) is 0 Å². The molecule has 1 rings (SSSR count). The Labute approximate surface area is 116 Å². The summed E-state index contributed by atoms with van der Waals surface area (Å²) in [5, 5.41) is 11.7. The third-order valence-corrected chi connectivity index (χ3v) is 5.24. The zero-order valence-electron chi connectivity index (χ0n) is 10.8. The maximum absolute atomic E-state index is 11.5. The average Bonchev–Trinajstić information content (AvgIpc) is 2.26. The Morgan fingerprint density at radius 2 is 2.11 bits per heavy atom. The molecule has 0 radical (unpaired) electrons. The van der Waals surface area contributed by atoms with Gasteiger partial charge in [0.2, 0.25) is 0 Å². The summed E-state index contributed by atoms with van der Waals surface area (Å²) >= 11 is 5.69. The molecule has 2 N–H and O–H groups in total. The lowest BCUT2D eigenvalue weighted by Gasteiger charge is -2.23. The molecule has 106 valence electrons. The molecule has 0 saturated carbocycles. The van der Waals surface area contributed by atoms with Gasteiger partial charge in [0, 0.05) is 19.0 Å². The van der Waals surface area contributed by atoms with E-state index in [1.165, 1.54) is 12.3 Å². The molecule has 1 heterocycles. The van der Waals surface area contributed by atoms with Crippen LogP contribution in [0.4, 0.5) is 5.82 Å². The topological polar surface area (TPSA) is 96.4 Å². The number of carboxylic acids is 1. The van der Waals surface area contributed by atoms with Crippen molar-refractivity contribution in [2.75, 3.05) is 18.1 Å². The van der Waals surface area contributed by atoms with Crippen molar-refractivity contribution in [3.63, 3.8) is 0 Å². The van der Waals surface area contributed by atoms with Crippen LogP contribution in [-0.4, -0.2) is 42.0 Å². The Bertz CT molecular complexity index is 599. The maximum Gasteiger partial charge on any atom is 0.337 e. The molecule has 0 spiro atoms. The van der Waals surface area contributed by atoms with Gasteiger partial charge in [0.25, 0.3) is 0 Å². The molecule has 0 saturated heterocycles. The summed E-state index contributed by atoms with van der Waals surface area (Å²) in [6.07, 6.45) is 2.35. The highest BCUT2D eigenvalue weighted by atomic mass is 35.5. The second-order valence-electron chi connectivity index (χ2n) is 4.74. The first-order valence-electron chi connectivity index (χ1n) is 5.37. The first-order valence-corrected chi connectivity index (χ1v) is 7.64. The standard InChI is InChI=1S/C11H15ClN2O4S/c1-11(2,19(3,17)18)6-14-9-4-7(10(15)16)8(12)5-13-9/h4-5H,6H2,1-3H3,(H,13,14)(H,15,16). The van der Waals surface area contributed by atoms with Crippen LogP contribution in [-0.2, 0) is 9.84 Å². The zero-order chi connectivity index (χ0) is 14.8. The fourth-order valence-electron chi connectivity index (χ4n) is 1.13. The number of carboxylic acid groups (broad SMARTS) is 1.